The predicted octanol–water partition coefficient (Wildman–Crippen LogP) is 4.96. The van der Waals surface area contributed by atoms with E-state index in [1.807, 2.05) is 78.9 Å². The molecule has 2 N–H and O–H groups in total. The Kier molecular flexibility index (Phi) is 7.32. The molecule has 0 saturated carbocycles. The third kappa shape index (κ3) is 6.32. The van der Waals surface area contributed by atoms with Crippen LogP contribution < -0.4 is 20.1 Å². The van der Waals surface area contributed by atoms with Gasteiger partial charge in [0.2, 0.25) is 5.91 Å². The van der Waals surface area contributed by atoms with Gasteiger partial charge >= 0.3 is 0 Å². The first-order chi connectivity index (χ1) is 13.7. The number of halogens is 1. The molecule has 144 valence electrons. The number of hydrogen-bond acceptors (Lipinski definition) is 4. The van der Waals surface area contributed by atoms with E-state index >= 15 is 0 Å². The van der Waals surface area contributed by atoms with Gasteiger partial charge in [0.1, 0.15) is 24.7 Å². The van der Waals surface area contributed by atoms with Crippen LogP contribution in [-0.2, 0) is 4.79 Å². The Bertz CT molecular complexity index is 903. The lowest BCUT2D eigenvalue weighted by Gasteiger charge is -2.11. The van der Waals surface area contributed by atoms with Crippen LogP contribution in [-0.4, -0.2) is 25.7 Å². The molecule has 0 spiro atoms. The average molecular weight is 441 g/mol. The van der Waals surface area contributed by atoms with Crippen molar-refractivity contribution in [1.29, 1.82) is 0 Å². The third-order valence-electron chi connectivity index (χ3n) is 3.80. The highest BCUT2D eigenvalue weighted by Gasteiger charge is 2.05. The van der Waals surface area contributed by atoms with E-state index in [0.717, 1.165) is 21.6 Å². The van der Waals surface area contributed by atoms with Crippen molar-refractivity contribution in [3.05, 3.63) is 83.3 Å². The lowest BCUT2D eigenvalue weighted by Crippen LogP contribution is -2.21. The summed E-state index contributed by atoms with van der Waals surface area (Å²) in [6.07, 6.45) is 0. The Labute approximate surface area is 172 Å². The van der Waals surface area contributed by atoms with Crippen LogP contribution in [0.15, 0.2) is 83.3 Å². The minimum Gasteiger partial charge on any atom is -0.490 e. The van der Waals surface area contributed by atoms with Gasteiger partial charge in [-0.05, 0) is 52.3 Å². The quantitative estimate of drug-likeness (QED) is 0.461. The molecule has 0 aliphatic carbocycles. The van der Waals surface area contributed by atoms with Gasteiger partial charge in [-0.25, -0.2) is 0 Å². The normalized spacial score (nSPS) is 10.2. The number of ether oxygens (including phenoxy) is 2. The fraction of sp³-hybridized carbons (Fsp3) is 0.136. The number of carbonyl (C=O) groups excluding carboxylic acids is 1. The second-order valence-corrected chi connectivity index (χ2v) is 6.77. The van der Waals surface area contributed by atoms with E-state index in [2.05, 4.69) is 26.6 Å². The summed E-state index contributed by atoms with van der Waals surface area (Å²) in [6.45, 7) is 1.04. The molecule has 0 aliphatic rings. The number of anilines is 2. The van der Waals surface area contributed by atoms with Gasteiger partial charge in [-0.2, -0.15) is 0 Å². The summed E-state index contributed by atoms with van der Waals surface area (Å²) in [4.78, 5) is 12.1. The van der Waals surface area contributed by atoms with E-state index in [9.17, 15) is 4.79 Å². The van der Waals surface area contributed by atoms with Gasteiger partial charge in [0, 0.05) is 16.2 Å². The van der Waals surface area contributed by atoms with E-state index in [4.69, 9.17) is 9.47 Å². The number of benzene rings is 3. The van der Waals surface area contributed by atoms with Crippen molar-refractivity contribution in [2.75, 3.05) is 30.4 Å². The molecular formula is C22H21BrN2O3. The van der Waals surface area contributed by atoms with Gasteiger partial charge in [-0.3, -0.25) is 4.79 Å². The topological polar surface area (TPSA) is 59.6 Å². The number of carbonyl (C=O) groups is 1. The van der Waals surface area contributed by atoms with Gasteiger partial charge in [0.25, 0.3) is 0 Å². The lowest BCUT2D eigenvalue weighted by molar-refractivity contribution is -0.114. The summed E-state index contributed by atoms with van der Waals surface area (Å²) >= 11 is 3.41. The van der Waals surface area contributed by atoms with Gasteiger partial charge < -0.3 is 20.1 Å². The van der Waals surface area contributed by atoms with Crippen LogP contribution in [0.1, 0.15) is 0 Å². The van der Waals surface area contributed by atoms with Gasteiger partial charge in [0.15, 0.2) is 0 Å². The molecule has 0 atom stereocenters. The largest absolute Gasteiger partial charge is 0.490 e. The zero-order valence-electron chi connectivity index (χ0n) is 15.2. The molecule has 28 heavy (non-hydrogen) atoms. The van der Waals surface area contributed by atoms with Crippen LogP contribution in [0.3, 0.4) is 0 Å². The van der Waals surface area contributed by atoms with Crippen molar-refractivity contribution in [3.63, 3.8) is 0 Å². The Hall–Kier alpha value is -2.99. The first-order valence-electron chi connectivity index (χ1n) is 8.90. The molecular weight excluding hydrogens is 420 g/mol. The average Bonchev–Trinajstić information content (AvgIpc) is 2.73. The monoisotopic (exact) mass is 440 g/mol. The van der Waals surface area contributed by atoms with Crippen LogP contribution in [0.5, 0.6) is 11.5 Å². The molecule has 0 aliphatic heterocycles. The van der Waals surface area contributed by atoms with Crippen molar-refractivity contribution in [3.8, 4) is 11.5 Å². The highest BCUT2D eigenvalue weighted by Crippen LogP contribution is 2.21. The van der Waals surface area contributed by atoms with Crippen molar-refractivity contribution in [2.45, 2.75) is 0 Å². The maximum atomic E-state index is 12.1. The van der Waals surface area contributed by atoms with E-state index in [0.29, 0.717) is 19.0 Å². The Morgan fingerprint density at radius 3 is 2.29 bits per heavy atom. The number of hydrogen-bond donors (Lipinski definition) is 2. The third-order valence-corrected chi connectivity index (χ3v) is 4.49. The molecule has 0 aromatic heterocycles. The van der Waals surface area contributed by atoms with Crippen molar-refractivity contribution >= 4 is 33.2 Å². The zero-order chi connectivity index (χ0) is 19.6. The zero-order valence-corrected chi connectivity index (χ0v) is 16.8. The summed E-state index contributed by atoms with van der Waals surface area (Å²) in [5, 5.41) is 5.96. The smallest absolute Gasteiger partial charge is 0.243 e. The molecule has 0 heterocycles. The summed E-state index contributed by atoms with van der Waals surface area (Å²) in [7, 11) is 0. The van der Waals surface area contributed by atoms with Gasteiger partial charge in [0.05, 0.1) is 12.2 Å². The second-order valence-electron chi connectivity index (χ2n) is 5.92. The SMILES string of the molecule is O=C(CNc1cccc(OCCOc2ccccc2)c1)Nc1ccccc1Br. The molecule has 0 radical (unpaired) electrons. The van der Waals surface area contributed by atoms with Crippen molar-refractivity contribution < 1.29 is 14.3 Å². The highest BCUT2D eigenvalue weighted by atomic mass is 79.9. The summed E-state index contributed by atoms with van der Waals surface area (Å²) in [5.41, 5.74) is 1.55. The molecule has 3 aromatic carbocycles. The summed E-state index contributed by atoms with van der Waals surface area (Å²) < 4.78 is 12.2. The van der Waals surface area contributed by atoms with Crippen molar-refractivity contribution in [2.24, 2.45) is 0 Å². The van der Waals surface area contributed by atoms with Crippen LogP contribution in [0.4, 0.5) is 11.4 Å². The minimum atomic E-state index is -0.130. The maximum Gasteiger partial charge on any atom is 0.243 e. The lowest BCUT2D eigenvalue weighted by atomic mass is 10.3. The van der Waals surface area contributed by atoms with Crippen LogP contribution in [0.2, 0.25) is 0 Å². The Balaban J connectivity index is 1.42. The standard InChI is InChI=1S/C22H21BrN2O3/c23-20-11-4-5-12-21(20)25-22(26)16-24-17-7-6-10-19(15-17)28-14-13-27-18-8-2-1-3-9-18/h1-12,15,24H,13-14,16H2,(H,25,26). The molecule has 0 saturated heterocycles. The van der Waals surface area contributed by atoms with Crippen molar-refractivity contribution in [1.82, 2.24) is 0 Å². The summed E-state index contributed by atoms with van der Waals surface area (Å²) in [6, 6.07) is 24.6. The molecule has 0 bridgehead atoms. The van der Waals surface area contributed by atoms with Crippen LogP contribution >= 0.6 is 15.9 Å². The fourth-order valence-corrected chi connectivity index (χ4v) is 2.85. The molecule has 0 unspecified atom stereocenters. The van der Waals surface area contributed by atoms with Crippen LogP contribution in [0.25, 0.3) is 0 Å². The minimum absolute atomic E-state index is 0.130. The van der Waals surface area contributed by atoms with E-state index < -0.39 is 0 Å². The number of nitrogens with one attached hydrogen (secondary N) is 2. The first kappa shape index (κ1) is 19.8. The maximum absolute atomic E-state index is 12.1. The molecule has 0 fully saturated rings. The fourth-order valence-electron chi connectivity index (χ4n) is 2.47. The number of para-hydroxylation sites is 2. The number of rotatable bonds is 9. The Morgan fingerprint density at radius 2 is 1.50 bits per heavy atom. The first-order valence-corrected chi connectivity index (χ1v) is 9.69. The van der Waals surface area contributed by atoms with E-state index in [-0.39, 0.29) is 12.5 Å². The molecule has 5 nitrogen and oxygen atoms in total. The van der Waals surface area contributed by atoms with Gasteiger partial charge in [-0.1, -0.05) is 36.4 Å². The predicted molar refractivity (Wildman–Crippen MR) is 115 cm³/mol. The van der Waals surface area contributed by atoms with Gasteiger partial charge in [-0.15, -0.1) is 0 Å². The molecule has 3 aromatic rings. The number of amides is 1. The highest BCUT2D eigenvalue weighted by molar-refractivity contribution is 9.10. The molecule has 3 rings (SSSR count). The molecule has 1 amide bonds. The molecule has 6 heteroatoms. The second kappa shape index (κ2) is 10.4. The van der Waals surface area contributed by atoms with E-state index in [1.54, 1.807) is 0 Å². The summed E-state index contributed by atoms with van der Waals surface area (Å²) in [5.74, 6) is 1.40. The van der Waals surface area contributed by atoms with E-state index in [1.165, 1.54) is 0 Å². The van der Waals surface area contributed by atoms with Crippen LogP contribution in [0, 0.1) is 0 Å². The Morgan fingerprint density at radius 1 is 0.821 bits per heavy atom.